The first-order chi connectivity index (χ1) is 21.5. The summed E-state index contributed by atoms with van der Waals surface area (Å²) in [5.41, 5.74) is 0. The molecule has 0 aliphatic carbocycles. The zero-order chi connectivity index (χ0) is 32.2. The van der Waals surface area contributed by atoms with E-state index < -0.39 is 17.6 Å². The first kappa shape index (κ1) is 41.7. The van der Waals surface area contributed by atoms with E-state index in [1.807, 2.05) is 0 Å². The van der Waals surface area contributed by atoms with Crippen LogP contribution < -0.4 is 5.32 Å². The van der Waals surface area contributed by atoms with E-state index in [1.54, 1.807) is 0 Å². The van der Waals surface area contributed by atoms with E-state index in [-0.39, 0.29) is 6.17 Å². The Kier molecular flexibility index (Phi) is 26.3. The monoisotopic (exact) mass is 660 g/mol. The average Bonchev–Trinajstić information content (AvgIpc) is 3.02. The van der Waals surface area contributed by atoms with Crippen molar-refractivity contribution in [2.45, 2.75) is 156 Å². The van der Waals surface area contributed by atoms with Gasteiger partial charge in [0.1, 0.15) is 0 Å². The second-order valence-corrected chi connectivity index (χ2v) is 17.6. The molecule has 0 radical (unpaired) electrons. The van der Waals surface area contributed by atoms with Crippen molar-refractivity contribution in [3.05, 3.63) is 12.3 Å². The molecule has 0 saturated carbocycles. The molecular formula is C34H72N2O6Si2. The van der Waals surface area contributed by atoms with Crippen LogP contribution in [0.3, 0.4) is 0 Å². The van der Waals surface area contributed by atoms with Gasteiger partial charge in [-0.1, -0.05) is 86.1 Å². The van der Waals surface area contributed by atoms with Gasteiger partial charge in [0.2, 0.25) is 0 Å². The van der Waals surface area contributed by atoms with Crippen LogP contribution in [0.2, 0.25) is 12.1 Å². The Morgan fingerprint density at radius 3 is 1.27 bits per heavy atom. The van der Waals surface area contributed by atoms with Gasteiger partial charge >= 0.3 is 17.6 Å². The molecule has 1 N–H and O–H groups in total. The molecular weight excluding hydrogens is 589 g/mol. The summed E-state index contributed by atoms with van der Waals surface area (Å²) in [4.78, 5) is 2.46. The Labute approximate surface area is 275 Å². The number of hydrogen-bond acceptors (Lipinski definition) is 8. The lowest BCUT2D eigenvalue weighted by Gasteiger charge is -2.36. The summed E-state index contributed by atoms with van der Waals surface area (Å²) in [6, 6.07) is 1.73. The summed E-state index contributed by atoms with van der Waals surface area (Å²) in [5.74, 6) is 0. The number of rotatable bonds is 32. The molecule has 0 aromatic rings. The van der Waals surface area contributed by atoms with Crippen LogP contribution in [0.25, 0.3) is 0 Å². The van der Waals surface area contributed by atoms with Crippen molar-refractivity contribution < 1.29 is 26.6 Å². The molecule has 10 heteroatoms. The van der Waals surface area contributed by atoms with Crippen LogP contribution in [0.4, 0.5) is 0 Å². The maximum Gasteiger partial charge on any atom is 0.501 e. The Hall–Kier alpha value is -0.306. The van der Waals surface area contributed by atoms with E-state index in [1.165, 1.54) is 0 Å². The van der Waals surface area contributed by atoms with Gasteiger partial charge < -0.3 is 31.5 Å². The highest BCUT2D eigenvalue weighted by atomic mass is 28.4. The molecule has 262 valence electrons. The van der Waals surface area contributed by atoms with E-state index in [0.29, 0.717) is 0 Å². The summed E-state index contributed by atoms with van der Waals surface area (Å²) in [5, 5.41) is 3.74. The van der Waals surface area contributed by atoms with Crippen molar-refractivity contribution in [1.29, 1.82) is 0 Å². The molecule has 1 rings (SSSR count). The van der Waals surface area contributed by atoms with Gasteiger partial charge in [0.15, 0.2) is 0 Å². The summed E-state index contributed by atoms with van der Waals surface area (Å²) in [6.45, 7) is 19.4. The smallest absolute Gasteiger partial charge is 0.373 e. The molecule has 44 heavy (non-hydrogen) atoms. The Morgan fingerprint density at radius 2 is 0.909 bits per heavy atom. The van der Waals surface area contributed by atoms with Crippen molar-refractivity contribution in [1.82, 2.24) is 10.2 Å². The van der Waals surface area contributed by atoms with Crippen LogP contribution in [0.15, 0.2) is 12.3 Å². The van der Waals surface area contributed by atoms with Gasteiger partial charge in [-0.3, -0.25) is 5.32 Å². The first-order valence-corrected chi connectivity index (χ1v) is 22.4. The Morgan fingerprint density at radius 1 is 0.545 bits per heavy atom. The quantitative estimate of drug-likeness (QED) is 0.0568. The van der Waals surface area contributed by atoms with Gasteiger partial charge in [-0.25, -0.2) is 0 Å². The second kappa shape index (κ2) is 27.8. The van der Waals surface area contributed by atoms with Crippen LogP contribution in [0.1, 0.15) is 138 Å². The van der Waals surface area contributed by atoms with Crippen LogP contribution in [-0.2, 0) is 26.6 Å². The topological polar surface area (TPSA) is 70.7 Å². The normalized spacial score (nSPS) is 15.9. The van der Waals surface area contributed by atoms with Crippen molar-refractivity contribution in [2.24, 2.45) is 0 Å². The molecule has 0 fully saturated rings. The summed E-state index contributed by atoms with van der Waals surface area (Å²) in [7, 11) is -5.45. The van der Waals surface area contributed by atoms with Crippen LogP contribution >= 0.6 is 0 Å². The highest BCUT2D eigenvalue weighted by Crippen LogP contribution is 2.25. The van der Waals surface area contributed by atoms with Crippen molar-refractivity contribution in [3.63, 3.8) is 0 Å². The molecule has 0 spiro atoms. The fraction of sp³-hybridized carbons (Fsp3) is 0.941. The van der Waals surface area contributed by atoms with Crippen LogP contribution in [0, 0.1) is 0 Å². The number of nitrogens with zero attached hydrogens (tertiary/aromatic N) is 1. The highest BCUT2D eigenvalue weighted by Gasteiger charge is 2.42. The van der Waals surface area contributed by atoms with Crippen molar-refractivity contribution in [3.8, 4) is 0 Å². The Bertz CT molecular complexity index is 623. The maximum atomic E-state index is 6.51. The lowest BCUT2D eigenvalue weighted by atomic mass is 10.2. The molecule has 0 bridgehead atoms. The molecule has 0 saturated heterocycles. The van der Waals surface area contributed by atoms with E-state index in [9.17, 15) is 0 Å². The molecule has 1 aliphatic heterocycles. The van der Waals surface area contributed by atoms with Gasteiger partial charge in [0.05, 0.1) is 6.17 Å². The standard InChI is InChI=1S/C34H72N2O6Si2/c1-7-13-26-37-43(38-27-14-8-2,39-28-15-9-3)32-19-22-34-35-23-20-24-36(34)25-21-33-44(40-29-16-10-4,41-30-17-11-5)42-31-18-12-6/h20,24,34-35H,7-19,21-23,25-33H2,1-6H3. The number of unbranched alkanes of at least 4 members (excludes halogenated alkanes) is 6. The third kappa shape index (κ3) is 18.7. The number of nitrogens with one attached hydrogen (secondary N) is 1. The zero-order valence-electron chi connectivity index (χ0n) is 29.8. The molecule has 0 amide bonds. The largest absolute Gasteiger partial charge is 0.501 e. The highest BCUT2D eigenvalue weighted by molar-refractivity contribution is 6.61. The average molecular weight is 661 g/mol. The van der Waals surface area contributed by atoms with Gasteiger partial charge in [0.25, 0.3) is 0 Å². The van der Waals surface area contributed by atoms with E-state index in [4.69, 9.17) is 26.6 Å². The lowest BCUT2D eigenvalue weighted by Crippen LogP contribution is -2.49. The maximum absolute atomic E-state index is 6.51. The first-order valence-electron chi connectivity index (χ1n) is 18.5. The lowest BCUT2D eigenvalue weighted by molar-refractivity contribution is 0.0533. The van der Waals surface area contributed by atoms with Crippen molar-refractivity contribution in [2.75, 3.05) is 52.7 Å². The van der Waals surface area contributed by atoms with Crippen LogP contribution in [-0.4, -0.2) is 81.4 Å². The third-order valence-corrected chi connectivity index (χ3v) is 13.7. The summed E-state index contributed by atoms with van der Waals surface area (Å²) in [6.07, 6.45) is 20.7. The molecule has 1 aliphatic rings. The predicted octanol–water partition coefficient (Wildman–Crippen LogP) is 8.68. The van der Waals surface area contributed by atoms with E-state index in [2.05, 4.69) is 64.0 Å². The van der Waals surface area contributed by atoms with Gasteiger partial charge in [0, 0.05) is 64.8 Å². The number of hydrogen-bond donors (Lipinski definition) is 1. The second-order valence-electron chi connectivity index (χ2n) is 12.1. The molecule has 0 aromatic carbocycles. The fourth-order valence-electron chi connectivity index (χ4n) is 5.02. The third-order valence-electron chi connectivity index (χ3n) is 7.95. The summed E-state index contributed by atoms with van der Waals surface area (Å²) < 4.78 is 39.1. The van der Waals surface area contributed by atoms with Crippen molar-refractivity contribution >= 4 is 17.6 Å². The molecule has 8 nitrogen and oxygen atoms in total. The van der Waals surface area contributed by atoms with E-state index >= 15 is 0 Å². The minimum atomic E-state index is -2.73. The zero-order valence-corrected chi connectivity index (χ0v) is 31.8. The fourth-order valence-corrected chi connectivity index (χ4v) is 10.3. The minimum Gasteiger partial charge on any atom is -0.373 e. The Balaban J connectivity index is 2.86. The van der Waals surface area contributed by atoms with Gasteiger partial charge in [-0.15, -0.1) is 0 Å². The van der Waals surface area contributed by atoms with Gasteiger partial charge in [-0.2, -0.15) is 0 Å². The minimum absolute atomic E-state index is 0.285. The van der Waals surface area contributed by atoms with Crippen LogP contribution in [0.5, 0.6) is 0 Å². The molecule has 1 unspecified atom stereocenters. The molecule has 1 atom stereocenters. The molecule has 0 aromatic heterocycles. The van der Waals surface area contributed by atoms with E-state index in [0.717, 1.165) is 161 Å². The summed E-state index contributed by atoms with van der Waals surface area (Å²) >= 11 is 0. The predicted molar refractivity (Wildman–Crippen MR) is 188 cm³/mol. The molecule has 1 heterocycles. The SMILES string of the molecule is CCCCO[Si](CCCC1NCC=CN1CCC[Si](OCCCC)(OCCCC)OCCCC)(OCCCC)OCCCC. The van der Waals surface area contributed by atoms with Gasteiger partial charge in [-0.05, 0) is 64.0 Å².